The number of aryl methyl sites for hydroxylation is 2. The van der Waals surface area contributed by atoms with E-state index in [-0.39, 0.29) is 0 Å². The van der Waals surface area contributed by atoms with E-state index in [4.69, 9.17) is 0 Å². The fourth-order valence-corrected chi connectivity index (χ4v) is 2.90. The van der Waals surface area contributed by atoms with Crippen LogP contribution in [0.5, 0.6) is 0 Å². The van der Waals surface area contributed by atoms with Crippen molar-refractivity contribution in [2.45, 2.75) is 39.3 Å². The van der Waals surface area contributed by atoms with Crippen LogP contribution in [0.15, 0.2) is 36.7 Å². The topological polar surface area (TPSA) is 17.0 Å². The summed E-state index contributed by atoms with van der Waals surface area (Å²) in [5.74, 6) is 0. The first-order valence-corrected chi connectivity index (χ1v) is 7.31. The SMILES string of the molecule is CCNCc1ccn(Cc2ccc3c(c2)CCC3)c1. The lowest BCUT2D eigenvalue weighted by molar-refractivity contribution is 0.721. The largest absolute Gasteiger partial charge is 0.350 e. The Bertz CT molecular complexity index is 554. The van der Waals surface area contributed by atoms with Crippen LogP contribution in [0.25, 0.3) is 0 Å². The van der Waals surface area contributed by atoms with Gasteiger partial charge in [0.05, 0.1) is 0 Å². The first-order valence-electron chi connectivity index (χ1n) is 7.31. The molecule has 2 heteroatoms. The van der Waals surface area contributed by atoms with Gasteiger partial charge >= 0.3 is 0 Å². The van der Waals surface area contributed by atoms with Crippen molar-refractivity contribution >= 4 is 0 Å². The standard InChI is InChI=1S/C17H22N2/c1-2-18-11-15-8-9-19(13-15)12-14-6-7-16-4-3-5-17(16)10-14/h6-10,13,18H,2-5,11-12H2,1H3. The minimum Gasteiger partial charge on any atom is -0.350 e. The third-order valence-electron chi connectivity index (χ3n) is 3.92. The molecule has 0 saturated heterocycles. The van der Waals surface area contributed by atoms with Crippen LogP contribution in [0, 0.1) is 0 Å². The molecule has 1 aliphatic carbocycles. The zero-order valence-corrected chi connectivity index (χ0v) is 11.7. The van der Waals surface area contributed by atoms with Crippen molar-refractivity contribution in [2.75, 3.05) is 6.54 Å². The summed E-state index contributed by atoms with van der Waals surface area (Å²) in [4.78, 5) is 0. The molecule has 0 amide bonds. The Labute approximate surface area is 115 Å². The van der Waals surface area contributed by atoms with Gasteiger partial charge in [0, 0.05) is 25.5 Å². The van der Waals surface area contributed by atoms with Crippen LogP contribution in [0.1, 0.15) is 35.6 Å². The summed E-state index contributed by atoms with van der Waals surface area (Å²) >= 11 is 0. The molecule has 2 nitrogen and oxygen atoms in total. The lowest BCUT2D eigenvalue weighted by Gasteiger charge is -2.06. The second kappa shape index (κ2) is 5.62. The molecular weight excluding hydrogens is 232 g/mol. The molecule has 1 aliphatic rings. The summed E-state index contributed by atoms with van der Waals surface area (Å²) in [6, 6.07) is 9.21. The molecule has 1 N–H and O–H groups in total. The van der Waals surface area contributed by atoms with Crippen LogP contribution in [0.2, 0.25) is 0 Å². The van der Waals surface area contributed by atoms with Gasteiger partial charge in [0.2, 0.25) is 0 Å². The Balaban J connectivity index is 1.69. The zero-order chi connectivity index (χ0) is 13.1. The quantitative estimate of drug-likeness (QED) is 0.867. The lowest BCUT2D eigenvalue weighted by Crippen LogP contribution is -2.11. The summed E-state index contributed by atoms with van der Waals surface area (Å²) in [5.41, 5.74) is 5.91. The Hall–Kier alpha value is -1.54. The van der Waals surface area contributed by atoms with Gasteiger partial charge in [-0.05, 0) is 54.1 Å². The maximum absolute atomic E-state index is 3.36. The number of aromatic nitrogens is 1. The van der Waals surface area contributed by atoms with Crippen LogP contribution in [-0.4, -0.2) is 11.1 Å². The van der Waals surface area contributed by atoms with Gasteiger partial charge in [-0.2, -0.15) is 0 Å². The fraction of sp³-hybridized carbons (Fsp3) is 0.412. The van der Waals surface area contributed by atoms with Gasteiger partial charge in [-0.3, -0.25) is 0 Å². The average Bonchev–Trinajstić information content (AvgIpc) is 3.05. The second-order valence-electron chi connectivity index (χ2n) is 5.43. The molecule has 19 heavy (non-hydrogen) atoms. The normalized spacial score (nSPS) is 13.7. The average molecular weight is 254 g/mol. The number of benzene rings is 1. The number of hydrogen-bond donors (Lipinski definition) is 1. The number of fused-ring (bicyclic) bond motifs is 1. The second-order valence-corrected chi connectivity index (χ2v) is 5.43. The van der Waals surface area contributed by atoms with Crippen LogP contribution >= 0.6 is 0 Å². The smallest absolute Gasteiger partial charge is 0.0470 e. The van der Waals surface area contributed by atoms with Crippen LogP contribution in [0.3, 0.4) is 0 Å². The molecular formula is C17H22N2. The molecule has 0 bridgehead atoms. The van der Waals surface area contributed by atoms with Crippen molar-refractivity contribution in [3.8, 4) is 0 Å². The first kappa shape index (κ1) is 12.5. The maximum Gasteiger partial charge on any atom is 0.0470 e. The van der Waals surface area contributed by atoms with Crippen LogP contribution < -0.4 is 5.32 Å². The zero-order valence-electron chi connectivity index (χ0n) is 11.7. The minimum atomic E-state index is 0.966. The summed E-state index contributed by atoms with van der Waals surface area (Å²) in [6.07, 6.45) is 8.29. The number of nitrogens with zero attached hydrogens (tertiary/aromatic N) is 1. The highest BCUT2D eigenvalue weighted by Crippen LogP contribution is 2.23. The summed E-state index contributed by atoms with van der Waals surface area (Å²) in [5, 5.41) is 3.36. The van der Waals surface area contributed by atoms with Crippen molar-refractivity contribution in [3.63, 3.8) is 0 Å². The molecule has 3 rings (SSSR count). The highest BCUT2D eigenvalue weighted by atomic mass is 14.9. The summed E-state index contributed by atoms with van der Waals surface area (Å²) in [6.45, 7) is 5.12. The molecule has 1 aromatic heterocycles. The predicted molar refractivity (Wildman–Crippen MR) is 79.4 cm³/mol. The molecule has 2 aromatic rings. The van der Waals surface area contributed by atoms with E-state index in [0.29, 0.717) is 0 Å². The maximum atomic E-state index is 3.36. The van der Waals surface area contributed by atoms with Crippen molar-refractivity contribution in [2.24, 2.45) is 0 Å². The molecule has 0 unspecified atom stereocenters. The van der Waals surface area contributed by atoms with E-state index in [1.807, 2.05) is 0 Å². The van der Waals surface area contributed by atoms with Gasteiger partial charge in [0.1, 0.15) is 0 Å². The first-order chi connectivity index (χ1) is 9.35. The monoisotopic (exact) mass is 254 g/mol. The van der Waals surface area contributed by atoms with Crippen LogP contribution in [0.4, 0.5) is 0 Å². The van der Waals surface area contributed by atoms with Gasteiger partial charge in [-0.1, -0.05) is 25.1 Å². The van der Waals surface area contributed by atoms with Gasteiger partial charge < -0.3 is 9.88 Å². The molecule has 0 aliphatic heterocycles. The van der Waals surface area contributed by atoms with E-state index in [9.17, 15) is 0 Å². The molecule has 0 fully saturated rings. The number of nitrogens with one attached hydrogen (secondary N) is 1. The van der Waals surface area contributed by atoms with E-state index in [1.165, 1.54) is 30.4 Å². The molecule has 1 aromatic carbocycles. The Morgan fingerprint density at radius 3 is 2.89 bits per heavy atom. The van der Waals surface area contributed by atoms with E-state index in [1.54, 1.807) is 11.1 Å². The van der Waals surface area contributed by atoms with Crippen LogP contribution in [-0.2, 0) is 25.9 Å². The number of rotatable bonds is 5. The Kier molecular flexibility index (Phi) is 3.69. The third-order valence-corrected chi connectivity index (χ3v) is 3.92. The van der Waals surface area contributed by atoms with Crippen molar-refractivity contribution < 1.29 is 0 Å². The van der Waals surface area contributed by atoms with Crippen molar-refractivity contribution in [1.82, 2.24) is 9.88 Å². The summed E-state index contributed by atoms with van der Waals surface area (Å²) in [7, 11) is 0. The highest BCUT2D eigenvalue weighted by molar-refractivity contribution is 5.35. The lowest BCUT2D eigenvalue weighted by atomic mass is 10.1. The van der Waals surface area contributed by atoms with Crippen molar-refractivity contribution in [1.29, 1.82) is 0 Å². The van der Waals surface area contributed by atoms with E-state index >= 15 is 0 Å². The van der Waals surface area contributed by atoms with E-state index in [2.05, 4.69) is 53.5 Å². The van der Waals surface area contributed by atoms with Crippen molar-refractivity contribution in [3.05, 3.63) is 58.9 Å². The minimum absolute atomic E-state index is 0.966. The molecule has 100 valence electrons. The molecule has 0 saturated carbocycles. The van der Waals surface area contributed by atoms with Gasteiger partial charge in [0.15, 0.2) is 0 Å². The predicted octanol–water partition coefficient (Wildman–Crippen LogP) is 3.13. The highest BCUT2D eigenvalue weighted by Gasteiger charge is 2.10. The molecule has 0 radical (unpaired) electrons. The third kappa shape index (κ3) is 2.90. The van der Waals surface area contributed by atoms with Gasteiger partial charge in [0.25, 0.3) is 0 Å². The summed E-state index contributed by atoms with van der Waals surface area (Å²) < 4.78 is 2.28. The Morgan fingerprint density at radius 1 is 1.11 bits per heavy atom. The molecule has 1 heterocycles. The van der Waals surface area contributed by atoms with E-state index in [0.717, 1.165) is 19.6 Å². The van der Waals surface area contributed by atoms with Gasteiger partial charge in [-0.15, -0.1) is 0 Å². The Morgan fingerprint density at radius 2 is 2.00 bits per heavy atom. The fourth-order valence-electron chi connectivity index (χ4n) is 2.90. The number of hydrogen-bond acceptors (Lipinski definition) is 1. The molecule has 0 atom stereocenters. The van der Waals surface area contributed by atoms with Gasteiger partial charge in [-0.25, -0.2) is 0 Å². The molecule has 0 spiro atoms. The van der Waals surface area contributed by atoms with E-state index < -0.39 is 0 Å².